The topological polar surface area (TPSA) is 56.0 Å². The Morgan fingerprint density at radius 3 is 2.62 bits per heavy atom. The molecule has 0 saturated heterocycles. The number of rotatable bonds is 5. The molecule has 5 nitrogen and oxygen atoms in total. The molecule has 0 spiro atoms. The van der Waals surface area contributed by atoms with E-state index in [1.165, 1.54) is 0 Å². The molecule has 0 saturated carbocycles. The summed E-state index contributed by atoms with van der Waals surface area (Å²) < 4.78 is 12.6. The van der Waals surface area contributed by atoms with Crippen LogP contribution in [0, 0.1) is 0 Å². The molecule has 0 bridgehead atoms. The first kappa shape index (κ1) is 13.9. The van der Waals surface area contributed by atoms with Crippen molar-refractivity contribution in [1.29, 1.82) is 0 Å². The molecule has 3 rings (SSSR count). The van der Waals surface area contributed by atoms with E-state index >= 15 is 0 Å². The second-order valence-electron chi connectivity index (χ2n) is 4.62. The minimum Gasteiger partial charge on any atom is -0.496 e. The van der Waals surface area contributed by atoms with Crippen LogP contribution in [0.25, 0.3) is 4.96 Å². The van der Waals surface area contributed by atoms with Crippen LogP contribution in [-0.2, 0) is 6.42 Å². The second-order valence-corrected chi connectivity index (χ2v) is 5.49. The van der Waals surface area contributed by atoms with E-state index in [-0.39, 0.29) is 0 Å². The largest absolute Gasteiger partial charge is 0.496 e. The minimum absolute atomic E-state index is 0.408. The number of methoxy groups -OCH3 is 2. The van der Waals surface area contributed by atoms with Crippen LogP contribution in [0.1, 0.15) is 17.4 Å². The van der Waals surface area contributed by atoms with Gasteiger partial charge in [0.05, 0.1) is 31.6 Å². The third-order valence-electron chi connectivity index (χ3n) is 3.34. The number of aromatic nitrogens is 2. The van der Waals surface area contributed by atoms with Crippen LogP contribution < -0.4 is 9.47 Å². The zero-order valence-corrected chi connectivity index (χ0v) is 12.6. The van der Waals surface area contributed by atoms with Crippen LogP contribution in [0.2, 0.25) is 0 Å². The maximum absolute atomic E-state index is 10.6. The molecule has 0 fully saturated rings. The third kappa shape index (κ3) is 2.59. The van der Waals surface area contributed by atoms with Crippen molar-refractivity contribution in [3.8, 4) is 11.5 Å². The highest BCUT2D eigenvalue weighted by atomic mass is 32.1. The third-order valence-corrected chi connectivity index (χ3v) is 4.12. The Hall–Kier alpha value is -2.05. The molecular weight excluding hydrogens is 288 g/mol. The fourth-order valence-electron chi connectivity index (χ4n) is 2.38. The number of hydrogen-bond acceptors (Lipinski definition) is 5. The first-order valence-corrected chi connectivity index (χ1v) is 7.41. The minimum atomic E-state index is -0.735. The summed E-state index contributed by atoms with van der Waals surface area (Å²) >= 11 is 1.57. The molecule has 1 N–H and O–H groups in total. The predicted octanol–water partition coefficient (Wildman–Crippen LogP) is 2.69. The van der Waals surface area contributed by atoms with Gasteiger partial charge in [-0.3, -0.25) is 4.40 Å². The van der Waals surface area contributed by atoms with Gasteiger partial charge in [0.15, 0.2) is 4.96 Å². The summed E-state index contributed by atoms with van der Waals surface area (Å²) in [5, 5.41) is 12.5. The van der Waals surface area contributed by atoms with Gasteiger partial charge < -0.3 is 14.6 Å². The lowest BCUT2D eigenvalue weighted by Crippen LogP contribution is -2.06. The molecule has 110 valence electrons. The first-order valence-electron chi connectivity index (χ1n) is 6.53. The van der Waals surface area contributed by atoms with Crippen molar-refractivity contribution >= 4 is 16.3 Å². The molecule has 0 amide bonds. The van der Waals surface area contributed by atoms with Gasteiger partial charge in [0.1, 0.15) is 11.5 Å². The molecule has 0 aliphatic carbocycles. The molecule has 1 aromatic carbocycles. The zero-order chi connectivity index (χ0) is 14.8. The molecule has 2 aromatic heterocycles. The van der Waals surface area contributed by atoms with Gasteiger partial charge in [-0.05, 0) is 12.1 Å². The van der Waals surface area contributed by atoms with Crippen LogP contribution in [0.4, 0.5) is 0 Å². The van der Waals surface area contributed by atoms with E-state index in [4.69, 9.17) is 9.47 Å². The average molecular weight is 304 g/mol. The fraction of sp³-hybridized carbons (Fsp3) is 0.267. The smallest absolute Gasteiger partial charge is 0.193 e. The molecule has 3 aromatic rings. The van der Waals surface area contributed by atoms with E-state index in [1.807, 2.05) is 40.4 Å². The Kier molecular flexibility index (Phi) is 3.81. The molecular formula is C15H16N2O3S. The number of thiazole rings is 1. The summed E-state index contributed by atoms with van der Waals surface area (Å²) in [5.74, 6) is 1.23. The lowest BCUT2D eigenvalue weighted by molar-refractivity contribution is 0.168. The summed E-state index contributed by atoms with van der Waals surface area (Å²) in [6.07, 6.45) is 3.55. The van der Waals surface area contributed by atoms with Gasteiger partial charge in [0, 0.05) is 24.2 Å². The Balaban J connectivity index is 1.91. The fourth-order valence-corrected chi connectivity index (χ4v) is 3.10. The van der Waals surface area contributed by atoms with Crippen molar-refractivity contribution in [2.75, 3.05) is 14.2 Å². The molecule has 0 radical (unpaired) electrons. The Labute approximate surface area is 126 Å². The van der Waals surface area contributed by atoms with Gasteiger partial charge in [-0.15, -0.1) is 11.3 Å². The van der Waals surface area contributed by atoms with E-state index in [2.05, 4.69) is 4.98 Å². The molecule has 2 heterocycles. The summed E-state index contributed by atoms with van der Waals surface area (Å²) in [7, 11) is 3.16. The van der Waals surface area contributed by atoms with Crippen LogP contribution in [0.3, 0.4) is 0 Å². The highest BCUT2D eigenvalue weighted by Gasteiger charge is 2.20. The van der Waals surface area contributed by atoms with Crippen molar-refractivity contribution in [3.63, 3.8) is 0 Å². The number of aliphatic hydroxyl groups excluding tert-OH is 1. The van der Waals surface area contributed by atoms with Gasteiger partial charge >= 0.3 is 0 Å². The van der Waals surface area contributed by atoms with Crippen molar-refractivity contribution < 1.29 is 14.6 Å². The lowest BCUT2D eigenvalue weighted by Gasteiger charge is -2.17. The molecule has 0 aliphatic heterocycles. The number of aliphatic hydroxyl groups is 1. The van der Waals surface area contributed by atoms with E-state index < -0.39 is 6.10 Å². The normalized spacial score (nSPS) is 12.5. The van der Waals surface area contributed by atoms with Gasteiger partial charge in [0.2, 0.25) is 0 Å². The van der Waals surface area contributed by atoms with E-state index in [9.17, 15) is 5.11 Å². The van der Waals surface area contributed by atoms with Crippen LogP contribution in [0.5, 0.6) is 11.5 Å². The second kappa shape index (κ2) is 5.75. The average Bonchev–Trinajstić information content (AvgIpc) is 3.07. The summed E-state index contributed by atoms with van der Waals surface area (Å²) in [6, 6.07) is 5.46. The maximum Gasteiger partial charge on any atom is 0.193 e. The summed E-state index contributed by atoms with van der Waals surface area (Å²) in [5.41, 5.74) is 1.49. The van der Waals surface area contributed by atoms with Crippen LogP contribution in [-0.4, -0.2) is 28.7 Å². The number of hydrogen-bond donors (Lipinski definition) is 1. The highest BCUT2D eigenvalue weighted by molar-refractivity contribution is 7.15. The highest BCUT2D eigenvalue weighted by Crippen LogP contribution is 2.35. The monoisotopic (exact) mass is 304 g/mol. The Morgan fingerprint density at radius 1 is 1.29 bits per heavy atom. The Bertz CT molecular complexity index is 700. The van der Waals surface area contributed by atoms with Crippen molar-refractivity contribution in [2.45, 2.75) is 12.5 Å². The van der Waals surface area contributed by atoms with Gasteiger partial charge in [-0.1, -0.05) is 6.07 Å². The number of ether oxygens (including phenoxy) is 2. The van der Waals surface area contributed by atoms with E-state index in [0.29, 0.717) is 23.5 Å². The number of fused-ring (bicyclic) bond motifs is 1. The lowest BCUT2D eigenvalue weighted by atomic mass is 10.0. The molecule has 1 atom stereocenters. The summed E-state index contributed by atoms with van der Waals surface area (Å²) in [4.78, 5) is 5.41. The number of nitrogens with zero attached hydrogens (tertiary/aromatic N) is 2. The van der Waals surface area contributed by atoms with Gasteiger partial charge in [-0.2, -0.15) is 0 Å². The van der Waals surface area contributed by atoms with E-state index in [0.717, 1.165) is 10.7 Å². The number of benzene rings is 1. The van der Waals surface area contributed by atoms with Gasteiger partial charge in [0.25, 0.3) is 0 Å². The zero-order valence-electron chi connectivity index (χ0n) is 11.8. The Morgan fingerprint density at radius 2 is 2.00 bits per heavy atom. The van der Waals surface area contributed by atoms with E-state index in [1.54, 1.807) is 25.6 Å². The first-order chi connectivity index (χ1) is 10.2. The van der Waals surface area contributed by atoms with Gasteiger partial charge in [-0.25, -0.2) is 4.98 Å². The van der Waals surface area contributed by atoms with Crippen molar-refractivity contribution in [3.05, 3.63) is 47.2 Å². The molecule has 1 unspecified atom stereocenters. The predicted molar refractivity (Wildman–Crippen MR) is 81.3 cm³/mol. The summed E-state index contributed by atoms with van der Waals surface area (Å²) in [6.45, 7) is 0. The van der Waals surface area contributed by atoms with Crippen LogP contribution in [0.15, 0.2) is 36.0 Å². The quantitative estimate of drug-likeness (QED) is 0.787. The number of imidazole rings is 1. The maximum atomic E-state index is 10.6. The molecule has 0 aliphatic rings. The van der Waals surface area contributed by atoms with Crippen LogP contribution >= 0.6 is 11.3 Å². The van der Waals surface area contributed by atoms with Crippen molar-refractivity contribution in [1.82, 2.24) is 9.38 Å². The molecule has 21 heavy (non-hydrogen) atoms. The standard InChI is InChI=1S/C15H16N2O3S/c1-19-12-4-3-5-13(20-2)14(12)11(18)8-10-9-17-6-7-21-15(17)16-10/h3-7,9,11,18H,8H2,1-2H3. The SMILES string of the molecule is COc1cccc(OC)c1C(O)Cc1cn2ccsc2n1. The van der Waals surface area contributed by atoms with Crippen molar-refractivity contribution in [2.24, 2.45) is 0 Å². The molecule has 6 heteroatoms.